The normalized spacial score (nSPS) is 10.0. The summed E-state index contributed by atoms with van der Waals surface area (Å²) in [5.41, 5.74) is 1.17. The third-order valence-electron chi connectivity index (χ3n) is 2.27. The molecule has 0 aromatic heterocycles. The average Bonchev–Trinajstić information content (AvgIpc) is 2.32. The van der Waals surface area contributed by atoms with E-state index in [0.29, 0.717) is 18.7 Å². The molecule has 17 heavy (non-hydrogen) atoms. The van der Waals surface area contributed by atoms with E-state index in [9.17, 15) is 9.18 Å². The zero-order valence-corrected chi connectivity index (χ0v) is 9.83. The number of carbonyl (C=O) groups is 1. The van der Waals surface area contributed by atoms with Crippen LogP contribution in [-0.4, -0.2) is 26.2 Å². The molecular formula is C13H16FNO2. The van der Waals surface area contributed by atoms with Crippen LogP contribution in [0.25, 0.3) is 6.08 Å². The molecule has 1 rings (SSSR count). The molecule has 1 amide bonds. The van der Waals surface area contributed by atoms with Crippen molar-refractivity contribution >= 4 is 12.0 Å². The van der Waals surface area contributed by atoms with E-state index >= 15 is 0 Å². The number of ether oxygens (including phenoxy) is 1. The Morgan fingerprint density at radius 2 is 2.35 bits per heavy atom. The highest BCUT2D eigenvalue weighted by Crippen LogP contribution is 2.12. The zero-order valence-electron chi connectivity index (χ0n) is 9.83. The Morgan fingerprint density at radius 1 is 1.59 bits per heavy atom. The molecule has 0 aliphatic rings. The van der Waals surface area contributed by atoms with Crippen molar-refractivity contribution in [3.05, 3.63) is 41.7 Å². The van der Waals surface area contributed by atoms with E-state index in [1.165, 1.54) is 12.1 Å². The van der Waals surface area contributed by atoms with Crippen LogP contribution in [0.3, 0.4) is 0 Å². The average molecular weight is 237 g/mol. The molecule has 4 heteroatoms. The van der Waals surface area contributed by atoms with Gasteiger partial charge in [0.25, 0.3) is 0 Å². The first-order valence-electron chi connectivity index (χ1n) is 5.34. The molecule has 3 nitrogen and oxygen atoms in total. The standard InChI is InChI=1S/C13H16FNO2/c1-3-11-8-10(4-5-12(11)14)9-13(16)15-6-7-17-2/h3-5,8H,1,6-7,9H2,2H3,(H,15,16). The summed E-state index contributed by atoms with van der Waals surface area (Å²) in [5, 5.41) is 2.70. The van der Waals surface area contributed by atoms with Crippen LogP contribution >= 0.6 is 0 Å². The minimum atomic E-state index is -0.330. The Bertz CT molecular complexity index is 404. The maximum absolute atomic E-state index is 13.2. The van der Waals surface area contributed by atoms with Crippen molar-refractivity contribution in [3.63, 3.8) is 0 Å². The fourth-order valence-corrected chi connectivity index (χ4v) is 1.40. The van der Waals surface area contributed by atoms with E-state index in [-0.39, 0.29) is 18.1 Å². The number of carbonyl (C=O) groups excluding carboxylic acids is 1. The Hall–Kier alpha value is -1.68. The zero-order chi connectivity index (χ0) is 12.7. The van der Waals surface area contributed by atoms with Gasteiger partial charge in [0.15, 0.2) is 0 Å². The maximum Gasteiger partial charge on any atom is 0.224 e. The lowest BCUT2D eigenvalue weighted by Gasteiger charge is -2.05. The van der Waals surface area contributed by atoms with Crippen LogP contribution in [0, 0.1) is 5.82 Å². The molecule has 0 bridgehead atoms. The van der Waals surface area contributed by atoms with Crippen LogP contribution in [-0.2, 0) is 16.0 Å². The van der Waals surface area contributed by atoms with Crippen molar-refractivity contribution in [3.8, 4) is 0 Å². The lowest BCUT2D eigenvalue weighted by Crippen LogP contribution is -2.28. The van der Waals surface area contributed by atoms with Crippen molar-refractivity contribution in [1.29, 1.82) is 0 Å². The quantitative estimate of drug-likeness (QED) is 0.766. The highest BCUT2D eigenvalue weighted by Gasteiger charge is 2.05. The van der Waals surface area contributed by atoms with Gasteiger partial charge in [0, 0.05) is 19.2 Å². The van der Waals surface area contributed by atoms with Gasteiger partial charge in [-0.05, 0) is 17.7 Å². The second-order valence-corrected chi connectivity index (χ2v) is 3.58. The number of hydrogen-bond donors (Lipinski definition) is 1. The van der Waals surface area contributed by atoms with Crippen LogP contribution in [0.4, 0.5) is 4.39 Å². The summed E-state index contributed by atoms with van der Waals surface area (Å²) >= 11 is 0. The number of halogens is 1. The summed E-state index contributed by atoms with van der Waals surface area (Å²) in [6.45, 7) is 4.47. The summed E-state index contributed by atoms with van der Waals surface area (Å²) in [6.07, 6.45) is 1.66. The van der Waals surface area contributed by atoms with Crippen molar-refractivity contribution < 1.29 is 13.9 Å². The van der Waals surface area contributed by atoms with Crippen LogP contribution in [0.1, 0.15) is 11.1 Å². The minimum Gasteiger partial charge on any atom is -0.383 e. The van der Waals surface area contributed by atoms with E-state index in [1.807, 2.05) is 0 Å². The Morgan fingerprint density at radius 3 is 3.00 bits per heavy atom. The largest absolute Gasteiger partial charge is 0.383 e. The van der Waals surface area contributed by atoms with Gasteiger partial charge in [-0.25, -0.2) is 4.39 Å². The Labute approximate surface area is 100 Å². The van der Waals surface area contributed by atoms with Crippen LogP contribution < -0.4 is 5.32 Å². The number of benzene rings is 1. The second-order valence-electron chi connectivity index (χ2n) is 3.58. The molecule has 0 aliphatic carbocycles. The van der Waals surface area contributed by atoms with Gasteiger partial charge in [0.1, 0.15) is 5.82 Å². The summed E-state index contributed by atoms with van der Waals surface area (Å²) in [6, 6.07) is 4.56. The van der Waals surface area contributed by atoms with Crippen LogP contribution in [0.15, 0.2) is 24.8 Å². The van der Waals surface area contributed by atoms with Crippen LogP contribution in [0.5, 0.6) is 0 Å². The molecule has 0 unspecified atom stereocenters. The predicted molar refractivity (Wildman–Crippen MR) is 65.1 cm³/mol. The van der Waals surface area contributed by atoms with Gasteiger partial charge in [0.05, 0.1) is 13.0 Å². The van der Waals surface area contributed by atoms with Gasteiger partial charge in [-0.2, -0.15) is 0 Å². The van der Waals surface area contributed by atoms with E-state index in [4.69, 9.17) is 4.74 Å². The SMILES string of the molecule is C=Cc1cc(CC(=O)NCCOC)ccc1F. The van der Waals surface area contributed by atoms with E-state index in [2.05, 4.69) is 11.9 Å². The van der Waals surface area contributed by atoms with Gasteiger partial charge < -0.3 is 10.1 Å². The molecule has 0 radical (unpaired) electrons. The maximum atomic E-state index is 13.2. The third-order valence-corrected chi connectivity index (χ3v) is 2.27. The summed E-state index contributed by atoms with van der Waals surface area (Å²) < 4.78 is 18.0. The summed E-state index contributed by atoms with van der Waals surface area (Å²) in [5.74, 6) is -0.438. The first kappa shape index (κ1) is 13.4. The fraction of sp³-hybridized carbons (Fsp3) is 0.308. The molecule has 0 atom stereocenters. The van der Waals surface area contributed by atoms with Gasteiger partial charge in [-0.3, -0.25) is 4.79 Å². The van der Waals surface area contributed by atoms with E-state index in [0.717, 1.165) is 5.56 Å². The topological polar surface area (TPSA) is 38.3 Å². The fourth-order valence-electron chi connectivity index (χ4n) is 1.40. The molecule has 1 N–H and O–H groups in total. The van der Waals surface area contributed by atoms with Crippen LogP contribution in [0.2, 0.25) is 0 Å². The number of amides is 1. The highest BCUT2D eigenvalue weighted by molar-refractivity contribution is 5.78. The Kier molecular flexibility index (Phi) is 5.36. The summed E-state index contributed by atoms with van der Waals surface area (Å²) in [7, 11) is 1.57. The van der Waals surface area contributed by atoms with Gasteiger partial charge >= 0.3 is 0 Å². The van der Waals surface area contributed by atoms with Gasteiger partial charge in [-0.15, -0.1) is 0 Å². The smallest absolute Gasteiger partial charge is 0.224 e. The molecule has 1 aromatic carbocycles. The van der Waals surface area contributed by atoms with Crippen molar-refractivity contribution in [2.24, 2.45) is 0 Å². The lowest BCUT2D eigenvalue weighted by atomic mass is 10.1. The second kappa shape index (κ2) is 6.81. The first-order chi connectivity index (χ1) is 8.17. The van der Waals surface area contributed by atoms with Crippen molar-refractivity contribution in [2.45, 2.75) is 6.42 Å². The monoisotopic (exact) mass is 237 g/mol. The number of rotatable bonds is 6. The first-order valence-corrected chi connectivity index (χ1v) is 5.34. The number of methoxy groups -OCH3 is 1. The Balaban J connectivity index is 2.56. The number of hydrogen-bond acceptors (Lipinski definition) is 2. The lowest BCUT2D eigenvalue weighted by molar-refractivity contribution is -0.120. The molecule has 0 saturated carbocycles. The van der Waals surface area contributed by atoms with E-state index < -0.39 is 0 Å². The van der Waals surface area contributed by atoms with E-state index in [1.54, 1.807) is 19.2 Å². The molecular weight excluding hydrogens is 221 g/mol. The highest BCUT2D eigenvalue weighted by atomic mass is 19.1. The molecule has 1 aromatic rings. The molecule has 0 fully saturated rings. The molecule has 0 heterocycles. The number of nitrogens with one attached hydrogen (secondary N) is 1. The third kappa shape index (κ3) is 4.36. The minimum absolute atomic E-state index is 0.108. The van der Waals surface area contributed by atoms with Crippen molar-refractivity contribution in [1.82, 2.24) is 5.32 Å². The summed E-state index contributed by atoms with van der Waals surface area (Å²) in [4.78, 5) is 11.5. The molecule has 92 valence electrons. The van der Waals surface area contributed by atoms with Crippen molar-refractivity contribution in [2.75, 3.05) is 20.3 Å². The molecule has 0 spiro atoms. The van der Waals surface area contributed by atoms with Gasteiger partial charge in [-0.1, -0.05) is 18.7 Å². The molecule has 0 saturated heterocycles. The molecule has 0 aliphatic heterocycles. The van der Waals surface area contributed by atoms with Gasteiger partial charge in [0.2, 0.25) is 5.91 Å². The predicted octanol–water partition coefficient (Wildman–Crippen LogP) is 1.77.